The van der Waals surface area contributed by atoms with E-state index in [0.29, 0.717) is 5.56 Å². The highest BCUT2D eigenvalue weighted by Gasteiger charge is 2.52. The van der Waals surface area contributed by atoms with E-state index in [2.05, 4.69) is 5.10 Å². The van der Waals surface area contributed by atoms with Crippen molar-refractivity contribution >= 4 is 17.6 Å². The van der Waals surface area contributed by atoms with Crippen LogP contribution >= 0.6 is 0 Å². The van der Waals surface area contributed by atoms with Gasteiger partial charge in [0.2, 0.25) is 0 Å². The lowest BCUT2D eigenvalue weighted by atomic mass is 9.86. The monoisotopic (exact) mass is 263 g/mol. The van der Waals surface area contributed by atoms with E-state index in [1.807, 2.05) is 5.48 Å². The number of carboxylic acids is 1. The van der Waals surface area contributed by atoms with E-state index in [-0.39, 0.29) is 5.71 Å². The van der Waals surface area contributed by atoms with E-state index in [9.17, 15) is 14.8 Å². The second-order valence-electron chi connectivity index (χ2n) is 4.23. The number of nitrogens with zero attached hydrogens (tertiary/aromatic N) is 2. The number of carboxylic acid groups (broad SMARTS) is 1. The SMILES string of the molecule is CN1N=C(c2ccccc2)C(CC(=O)O)(NO)C1=O. The van der Waals surface area contributed by atoms with Crippen molar-refractivity contribution in [2.45, 2.75) is 12.0 Å². The molecule has 7 nitrogen and oxygen atoms in total. The van der Waals surface area contributed by atoms with Crippen LogP contribution in [0.25, 0.3) is 0 Å². The van der Waals surface area contributed by atoms with Gasteiger partial charge in [0.15, 0.2) is 5.54 Å². The molecule has 1 atom stereocenters. The zero-order valence-corrected chi connectivity index (χ0v) is 10.2. The summed E-state index contributed by atoms with van der Waals surface area (Å²) in [4.78, 5) is 23.1. The summed E-state index contributed by atoms with van der Waals surface area (Å²) in [5.41, 5.74) is 0.844. The topological polar surface area (TPSA) is 102 Å². The van der Waals surface area contributed by atoms with Crippen LogP contribution in [-0.4, -0.2) is 45.5 Å². The minimum absolute atomic E-state index is 0.186. The Hall–Kier alpha value is -2.25. The van der Waals surface area contributed by atoms with Crippen molar-refractivity contribution in [3.05, 3.63) is 35.9 Å². The largest absolute Gasteiger partial charge is 0.481 e. The summed E-state index contributed by atoms with van der Waals surface area (Å²) < 4.78 is 0. The molecule has 1 unspecified atom stereocenters. The first-order valence-corrected chi connectivity index (χ1v) is 5.57. The van der Waals surface area contributed by atoms with Gasteiger partial charge in [0, 0.05) is 12.6 Å². The normalized spacial score (nSPS) is 22.5. The summed E-state index contributed by atoms with van der Waals surface area (Å²) in [5, 5.41) is 23.4. The number of nitrogens with one attached hydrogen (secondary N) is 1. The van der Waals surface area contributed by atoms with Crippen LogP contribution < -0.4 is 5.48 Å². The lowest BCUT2D eigenvalue weighted by molar-refractivity contribution is -0.145. The molecule has 0 aromatic heterocycles. The molecule has 0 fully saturated rings. The van der Waals surface area contributed by atoms with Gasteiger partial charge >= 0.3 is 5.97 Å². The number of hydroxylamine groups is 1. The summed E-state index contributed by atoms with van der Waals surface area (Å²) in [6.07, 6.45) is -0.597. The molecular weight excluding hydrogens is 250 g/mol. The molecule has 3 N–H and O–H groups in total. The number of benzene rings is 1. The van der Waals surface area contributed by atoms with E-state index in [4.69, 9.17) is 5.11 Å². The van der Waals surface area contributed by atoms with Crippen LogP contribution in [0.5, 0.6) is 0 Å². The minimum Gasteiger partial charge on any atom is -0.481 e. The number of rotatable bonds is 4. The number of aliphatic carboxylic acids is 1. The number of carbonyl (C=O) groups is 2. The maximum Gasteiger partial charge on any atom is 0.306 e. The van der Waals surface area contributed by atoms with Gasteiger partial charge in [-0.25, -0.2) is 5.01 Å². The average molecular weight is 263 g/mol. The van der Waals surface area contributed by atoms with Crippen LogP contribution in [0.15, 0.2) is 35.4 Å². The third-order valence-corrected chi connectivity index (χ3v) is 2.97. The zero-order chi connectivity index (χ0) is 14.0. The third kappa shape index (κ3) is 2.09. The Labute approximate surface area is 109 Å². The Morgan fingerprint density at radius 1 is 1.42 bits per heavy atom. The average Bonchev–Trinajstić information content (AvgIpc) is 2.64. The number of likely N-dealkylation sites (N-methyl/N-ethyl adjacent to an activating group) is 1. The summed E-state index contributed by atoms with van der Waals surface area (Å²) in [6, 6.07) is 8.65. The van der Waals surface area contributed by atoms with Crippen LogP contribution in [0.4, 0.5) is 0 Å². The lowest BCUT2D eigenvalue weighted by Gasteiger charge is -2.25. The molecule has 0 saturated carbocycles. The Morgan fingerprint density at radius 2 is 2.05 bits per heavy atom. The molecule has 2 rings (SSSR count). The van der Waals surface area contributed by atoms with Crippen molar-refractivity contribution in [3.63, 3.8) is 0 Å². The van der Waals surface area contributed by atoms with E-state index < -0.39 is 23.8 Å². The van der Waals surface area contributed by atoms with Gasteiger partial charge < -0.3 is 10.3 Å². The zero-order valence-electron chi connectivity index (χ0n) is 10.2. The van der Waals surface area contributed by atoms with Crippen LogP contribution in [0.1, 0.15) is 12.0 Å². The van der Waals surface area contributed by atoms with E-state index in [1.165, 1.54) is 7.05 Å². The molecule has 1 amide bonds. The Kier molecular flexibility index (Phi) is 3.32. The quantitative estimate of drug-likeness (QED) is 0.666. The molecule has 0 bridgehead atoms. The maximum absolute atomic E-state index is 12.1. The van der Waals surface area contributed by atoms with Gasteiger partial charge in [-0.1, -0.05) is 30.3 Å². The Balaban J connectivity index is 2.53. The maximum atomic E-state index is 12.1. The predicted octanol–water partition coefficient (Wildman–Crippen LogP) is 0.0550. The molecule has 1 heterocycles. The van der Waals surface area contributed by atoms with Crippen molar-refractivity contribution in [2.24, 2.45) is 5.10 Å². The first-order chi connectivity index (χ1) is 9.01. The smallest absolute Gasteiger partial charge is 0.306 e. The molecule has 0 aliphatic carbocycles. The molecule has 1 aromatic carbocycles. The fraction of sp³-hybridized carbons (Fsp3) is 0.250. The molecule has 0 radical (unpaired) electrons. The van der Waals surface area contributed by atoms with Gasteiger partial charge in [-0.2, -0.15) is 10.6 Å². The summed E-state index contributed by atoms with van der Waals surface area (Å²) >= 11 is 0. The van der Waals surface area contributed by atoms with Gasteiger partial charge in [-0.3, -0.25) is 9.59 Å². The fourth-order valence-electron chi connectivity index (χ4n) is 2.08. The molecular formula is C12H13N3O4. The molecule has 7 heteroatoms. The van der Waals surface area contributed by atoms with Crippen LogP contribution in [0.3, 0.4) is 0 Å². The van der Waals surface area contributed by atoms with E-state index in [1.54, 1.807) is 30.3 Å². The van der Waals surface area contributed by atoms with Crippen molar-refractivity contribution in [2.75, 3.05) is 7.05 Å². The van der Waals surface area contributed by atoms with Crippen LogP contribution in [0, 0.1) is 0 Å². The first kappa shape index (κ1) is 13.2. The summed E-state index contributed by atoms with van der Waals surface area (Å²) in [5.74, 6) is -1.83. The Morgan fingerprint density at radius 3 is 2.58 bits per heavy atom. The predicted molar refractivity (Wildman–Crippen MR) is 65.7 cm³/mol. The highest BCUT2D eigenvalue weighted by atomic mass is 16.5. The number of hydrogen-bond acceptors (Lipinski definition) is 5. The summed E-state index contributed by atoms with van der Waals surface area (Å²) in [7, 11) is 1.41. The number of amides is 1. The summed E-state index contributed by atoms with van der Waals surface area (Å²) in [6.45, 7) is 0. The molecule has 1 aliphatic heterocycles. The van der Waals surface area contributed by atoms with Crippen molar-refractivity contribution in [3.8, 4) is 0 Å². The highest BCUT2D eigenvalue weighted by Crippen LogP contribution is 2.27. The van der Waals surface area contributed by atoms with Gasteiger partial charge in [0.25, 0.3) is 5.91 Å². The van der Waals surface area contributed by atoms with Crippen molar-refractivity contribution < 1.29 is 19.9 Å². The minimum atomic E-state index is -1.75. The third-order valence-electron chi connectivity index (χ3n) is 2.97. The number of carbonyl (C=O) groups excluding carboxylic acids is 1. The number of hydrazone groups is 1. The van der Waals surface area contributed by atoms with Crippen molar-refractivity contribution in [1.82, 2.24) is 10.5 Å². The molecule has 1 aliphatic rings. The van der Waals surface area contributed by atoms with Gasteiger partial charge in [-0.15, -0.1) is 0 Å². The van der Waals surface area contributed by atoms with Crippen LogP contribution in [0.2, 0.25) is 0 Å². The van der Waals surface area contributed by atoms with Gasteiger partial charge in [-0.05, 0) is 0 Å². The second-order valence-corrected chi connectivity index (χ2v) is 4.23. The Bertz CT molecular complexity index is 543. The molecule has 100 valence electrons. The van der Waals surface area contributed by atoms with Gasteiger partial charge in [0.05, 0.1) is 6.42 Å². The first-order valence-electron chi connectivity index (χ1n) is 5.57. The van der Waals surface area contributed by atoms with Crippen molar-refractivity contribution in [1.29, 1.82) is 0 Å². The molecule has 0 spiro atoms. The van der Waals surface area contributed by atoms with E-state index in [0.717, 1.165) is 5.01 Å². The standard InChI is InChI=1S/C12H13N3O4/c1-15-11(18)12(14-19,7-9(16)17)10(13-15)8-5-3-2-4-6-8/h2-6,14,19H,7H2,1H3,(H,16,17). The number of hydrogen-bond donors (Lipinski definition) is 3. The highest BCUT2D eigenvalue weighted by molar-refractivity contribution is 6.24. The fourth-order valence-corrected chi connectivity index (χ4v) is 2.08. The van der Waals surface area contributed by atoms with Gasteiger partial charge in [0.1, 0.15) is 5.71 Å². The molecule has 19 heavy (non-hydrogen) atoms. The lowest BCUT2D eigenvalue weighted by Crippen LogP contribution is -2.57. The molecule has 1 aromatic rings. The molecule has 0 saturated heterocycles. The van der Waals surface area contributed by atoms with Crippen LogP contribution in [-0.2, 0) is 9.59 Å². The van der Waals surface area contributed by atoms with E-state index >= 15 is 0 Å². The second kappa shape index (κ2) is 4.79.